The van der Waals surface area contributed by atoms with Gasteiger partial charge in [0, 0.05) is 60.1 Å². The number of benzene rings is 9. The van der Waals surface area contributed by atoms with Crippen molar-refractivity contribution in [2.45, 2.75) is 9.79 Å². The molecule has 67 heavy (non-hydrogen) atoms. The van der Waals surface area contributed by atoms with E-state index in [2.05, 4.69) is 157 Å². The van der Waals surface area contributed by atoms with Crippen molar-refractivity contribution in [3.8, 4) is 67.7 Å². The minimum Gasteiger partial charge on any atom is -0.456 e. The van der Waals surface area contributed by atoms with Gasteiger partial charge in [0.05, 0.1) is 17.1 Å². The first-order valence-corrected chi connectivity index (χ1v) is 23.1. The number of hydrogen-bond acceptors (Lipinski definition) is 7. The summed E-state index contributed by atoms with van der Waals surface area (Å²) >= 11 is 1.76. The predicted octanol–water partition coefficient (Wildman–Crippen LogP) is 16.3. The first kappa shape index (κ1) is 38.8. The second kappa shape index (κ2) is 16.1. The summed E-state index contributed by atoms with van der Waals surface area (Å²) in [6.07, 6.45) is 1.90. The van der Waals surface area contributed by atoms with Crippen molar-refractivity contribution in [1.82, 2.24) is 19.9 Å². The van der Waals surface area contributed by atoms with Crippen molar-refractivity contribution < 1.29 is 4.42 Å². The number of hydrogen-bond donors (Lipinski definition) is 0. The van der Waals surface area contributed by atoms with Crippen LogP contribution in [-0.2, 0) is 0 Å². The van der Waals surface area contributed by atoms with Crippen LogP contribution in [0.1, 0.15) is 0 Å². The van der Waals surface area contributed by atoms with Gasteiger partial charge in [0.2, 0.25) is 0 Å². The van der Waals surface area contributed by atoms with Gasteiger partial charge in [0.1, 0.15) is 11.2 Å². The Hall–Kier alpha value is -8.65. The van der Waals surface area contributed by atoms with Crippen LogP contribution in [-0.4, -0.2) is 19.9 Å². The van der Waals surface area contributed by atoms with Gasteiger partial charge in [0.25, 0.3) is 0 Å². The summed E-state index contributed by atoms with van der Waals surface area (Å²) in [5.74, 6) is 1.87. The van der Waals surface area contributed by atoms with E-state index in [1.54, 1.807) is 11.8 Å². The van der Waals surface area contributed by atoms with Gasteiger partial charge >= 0.3 is 0 Å². The van der Waals surface area contributed by atoms with Crippen molar-refractivity contribution in [2.75, 3.05) is 4.90 Å². The van der Waals surface area contributed by atoms with Gasteiger partial charge in [-0.1, -0.05) is 157 Å². The molecule has 7 heteroatoms. The molecule has 0 bridgehead atoms. The molecule has 3 aromatic heterocycles. The van der Waals surface area contributed by atoms with Crippen molar-refractivity contribution in [1.29, 1.82) is 0 Å². The molecular weight excluding hydrogens is 839 g/mol. The number of aromatic nitrogens is 4. The maximum Gasteiger partial charge on any atom is 0.164 e. The van der Waals surface area contributed by atoms with Crippen LogP contribution in [0.3, 0.4) is 0 Å². The lowest BCUT2D eigenvalue weighted by atomic mass is 10.0. The Kier molecular flexibility index (Phi) is 9.32. The van der Waals surface area contributed by atoms with Crippen LogP contribution in [0, 0.1) is 0 Å². The lowest BCUT2D eigenvalue weighted by Gasteiger charge is -2.33. The Morgan fingerprint density at radius 2 is 0.925 bits per heavy atom. The molecule has 12 aromatic rings. The quantitative estimate of drug-likeness (QED) is 0.158. The SMILES string of the molecule is c1ccc(-c2ccc3oc4cc(-c5ccc6c(c5)Sc5cc(-c7nc(-c8ccccc8)nc(-c8ccccc8)n7)ccc5N6c5cccc(-c6nccc7ccccc67)c5)ccc4c3c2)cc1. The number of nitrogens with zero attached hydrogens (tertiary/aromatic N) is 5. The zero-order valence-electron chi connectivity index (χ0n) is 35.9. The van der Waals surface area contributed by atoms with E-state index in [1.807, 2.05) is 72.9 Å². The van der Waals surface area contributed by atoms with Gasteiger partial charge in [-0.05, 0) is 100 Å². The molecule has 0 saturated carbocycles. The second-order valence-electron chi connectivity index (χ2n) is 16.7. The molecule has 0 unspecified atom stereocenters. The molecule has 0 spiro atoms. The zero-order chi connectivity index (χ0) is 44.3. The molecule has 1 aliphatic rings. The molecule has 0 amide bonds. The summed E-state index contributed by atoms with van der Waals surface area (Å²) in [5.41, 5.74) is 14.2. The smallest absolute Gasteiger partial charge is 0.164 e. The monoisotopic (exact) mass is 875 g/mol. The molecule has 0 N–H and O–H groups in total. The Bertz CT molecular complexity index is 3790. The average Bonchev–Trinajstić information content (AvgIpc) is 3.77. The number of fused-ring (bicyclic) bond motifs is 6. The van der Waals surface area contributed by atoms with Crippen LogP contribution >= 0.6 is 11.8 Å². The average molecular weight is 876 g/mol. The molecule has 0 saturated heterocycles. The number of furan rings is 1. The molecule has 314 valence electrons. The molecule has 9 aromatic carbocycles. The summed E-state index contributed by atoms with van der Waals surface area (Å²) < 4.78 is 6.51. The number of rotatable bonds is 7. The third-order valence-corrected chi connectivity index (χ3v) is 13.6. The van der Waals surface area contributed by atoms with Crippen LogP contribution in [0.5, 0.6) is 0 Å². The van der Waals surface area contributed by atoms with E-state index < -0.39 is 0 Å². The maximum atomic E-state index is 6.51. The molecule has 0 fully saturated rings. The van der Waals surface area contributed by atoms with Crippen molar-refractivity contribution in [3.05, 3.63) is 225 Å². The second-order valence-corrected chi connectivity index (χ2v) is 17.7. The van der Waals surface area contributed by atoms with Crippen LogP contribution in [0.15, 0.2) is 239 Å². The number of anilines is 3. The van der Waals surface area contributed by atoms with Crippen molar-refractivity contribution in [3.63, 3.8) is 0 Å². The molecule has 4 heterocycles. The Labute approximate surface area is 390 Å². The minimum atomic E-state index is 0.612. The Balaban J connectivity index is 0.943. The molecule has 6 nitrogen and oxygen atoms in total. The fourth-order valence-corrected chi connectivity index (χ4v) is 10.4. The van der Waals surface area contributed by atoms with E-state index in [0.717, 1.165) is 98.6 Å². The van der Waals surface area contributed by atoms with Gasteiger partial charge in [0.15, 0.2) is 17.5 Å². The fraction of sp³-hybridized carbons (Fsp3) is 0. The highest BCUT2D eigenvalue weighted by Crippen LogP contribution is 2.53. The highest BCUT2D eigenvalue weighted by molar-refractivity contribution is 7.99. The molecular formula is C60H37N5OS. The van der Waals surface area contributed by atoms with Crippen LogP contribution in [0.2, 0.25) is 0 Å². The lowest BCUT2D eigenvalue weighted by molar-refractivity contribution is 0.669. The largest absolute Gasteiger partial charge is 0.456 e. The van der Waals surface area contributed by atoms with E-state index >= 15 is 0 Å². The zero-order valence-corrected chi connectivity index (χ0v) is 36.7. The van der Waals surface area contributed by atoms with Crippen LogP contribution in [0.4, 0.5) is 17.1 Å². The van der Waals surface area contributed by atoms with Crippen LogP contribution < -0.4 is 4.90 Å². The van der Waals surface area contributed by atoms with Gasteiger partial charge in [-0.15, -0.1) is 0 Å². The van der Waals surface area contributed by atoms with Crippen molar-refractivity contribution >= 4 is 61.5 Å². The van der Waals surface area contributed by atoms with E-state index in [-0.39, 0.29) is 0 Å². The summed E-state index contributed by atoms with van der Waals surface area (Å²) in [6.45, 7) is 0. The first-order chi connectivity index (χ1) is 33.2. The van der Waals surface area contributed by atoms with E-state index in [9.17, 15) is 0 Å². The van der Waals surface area contributed by atoms with Crippen LogP contribution in [0.25, 0.3) is 100 Å². The van der Waals surface area contributed by atoms with Gasteiger partial charge in [-0.3, -0.25) is 4.98 Å². The number of pyridine rings is 1. The Morgan fingerprint density at radius 1 is 0.358 bits per heavy atom. The minimum absolute atomic E-state index is 0.612. The van der Waals surface area contributed by atoms with E-state index in [0.29, 0.717) is 17.5 Å². The predicted molar refractivity (Wildman–Crippen MR) is 274 cm³/mol. The van der Waals surface area contributed by atoms with Gasteiger partial charge in [-0.2, -0.15) is 0 Å². The first-order valence-electron chi connectivity index (χ1n) is 22.3. The summed E-state index contributed by atoms with van der Waals surface area (Å²) in [7, 11) is 0. The van der Waals surface area contributed by atoms with E-state index in [1.165, 1.54) is 11.1 Å². The molecule has 0 atom stereocenters. The Morgan fingerprint density at radius 3 is 1.66 bits per heavy atom. The standard InChI is InChI=1S/C60H37N5OS/c1-4-13-38(14-5-1)42-26-30-53-50(34-42)49-27-23-43(35-54(49)66-53)44-24-28-51-55(36-44)67-56-37-46(60-63-58(40-16-6-2-7-17-40)62-59(64-60)41-18-8-3-9-19-41)25-29-52(56)65(51)47-21-12-20-45(33-47)57-48-22-11-10-15-39(48)31-32-61-57/h1-37H. The molecule has 0 aliphatic carbocycles. The van der Waals surface area contributed by atoms with Crippen molar-refractivity contribution in [2.24, 2.45) is 0 Å². The summed E-state index contributed by atoms with van der Waals surface area (Å²) in [4.78, 5) is 24.6. The van der Waals surface area contributed by atoms with Gasteiger partial charge in [-0.25, -0.2) is 15.0 Å². The molecule has 13 rings (SSSR count). The van der Waals surface area contributed by atoms with Gasteiger partial charge < -0.3 is 9.32 Å². The normalized spacial score (nSPS) is 12.1. The summed E-state index contributed by atoms with van der Waals surface area (Å²) in [6, 6.07) is 76.3. The fourth-order valence-electron chi connectivity index (χ4n) is 9.25. The summed E-state index contributed by atoms with van der Waals surface area (Å²) in [5, 5.41) is 4.48. The maximum absolute atomic E-state index is 6.51. The highest BCUT2D eigenvalue weighted by atomic mass is 32.2. The van der Waals surface area contributed by atoms with E-state index in [4.69, 9.17) is 24.4 Å². The molecule has 1 aliphatic heterocycles. The highest BCUT2D eigenvalue weighted by Gasteiger charge is 2.27. The third kappa shape index (κ3) is 7.01. The third-order valence-electron chi connectivity index (χ3n) is 12.5. The lowest BCUT2D eigenvalue weighted by Crippen LogP contribution is -2.15. The topological polar surface area (TPSA) is 67.9 Å². The molecule has 0 radical (unpaired) electrons.